The summed E-state index contributed by atoms with van der Waals surface area (Å²) in [6.07, 6.45) is 0.870. The van der Waals surface area contributed by atoms with Crippen LogP contribution in [-0.4, -0.2) is 19.1 Å². The van der Waals surface area contributed by atoms with Crippen molar-refractivity contribution in [2.45, 2.75) is 20.3 Å². The first-order valence-electron chi connectivity index (χ1n) is 8.98. The van der Waals surface area contributed by atoms with E-state index in [1.165, 1.54) is 0 Å². The lowest BCUT2D eigenvalue weighted by molar-refractivity contribution is 0.102. The maximum Gasteiger partial charge on any atom is 0.362 e. The van der Waals surface area contributed by atoms with Gasteiger partial charge in [-0.3, -0.25) is 4.79 Å². The highest BCUT2D eigenvalue weighted by Gasteiger charge is 2.19. The molecule has 2 aromatic carbocycles. The minimum absolute atomic E-state index is 0.0958. The Labute approximate surface area is 157 Å². The number of benzene rings is 2. The van der Waals surface area contributed by atoms with Crippen molar-refractivity contribution in [3.8, 4) is 5.75 Å². The molecule has 3 rings (SSSR count). The molecule has 1 amide bonds. The summed E-state index contributed by atoms with van der Waals surface area (Å²) >= 11 is 0. The van der Waals surface area contributed by atoms with Crippen molar-refractivity contribution in [2.24, 2.45) is 0 Å². The Balaban J connectivity index is 2.05. The first kappa shape index (κ1) is 18.5. The van der Waals surface area contributed by atoms with Crippen LogP contribution in [0.1, 0.15) is 30.6 Å². The van der Waals surface area contributed by atoms with Crippen LogP contribution in [0.5, 0.6) is 5.75 Å². The van der Waals surface area contributed by atoms with Crippen molar-refractivity contribution < 1.29 is 13.9 Å². The molecular weight excluding hydrogens is 344 g/mol. The lowest BCUT2D eigenvalue weighted by Gasteiger charge is -2.15. The van der Waals surface area contributed by atoms with Crippen molar-refractivity contribution in [3.05, 3.63) is 64.5 Å². The molecule has 0 spiro atoms. The minimum atomic E-state index is -0.602. The first-order chi connectivity index (χ1) is 13.2. The van der Waals surface area contributed by atoms with Gasteiger partial charge in [-0.05, 0) is 37.6 Å². The van der Waals surface area contributed by atoms with Gasteiger partial charge in [0.15, 0.2) is 5.69 Å². The van der Waals surface area contributed by atoms with Gasteiger partial charge in [-0.15, -0.1) is 0 Å². The molecule has 0 aliphatic rings. The van der Waals surface area contributed by atoms with E-state index in [4.69, 9.17) is 9.15 Å². The molecule has 0 bridgehead atoms. The van der Waals surface area contributed by atoms with E-state index >= 15 is 0 Å². The fraction of sp³-hybridized carbons (Fsp3) is 0.238. The summed E-state index contributed by atoms with van der Waals surface area (Å²) in [5.41, 5.74) is 0.876. The van der Waals surface area contributed by atoms with Gasteiger partial charge in [-0.25, -0.2) is 4.79 Å². The summed E-state index contributed by atoms with van der Waals surface area (Å²) in [6.45, 7) is 4.97. The zero-order chi connectivity index (χ0) is 19.2. The van der Waals surface area contributed by atoms with Gasteiger partial charge < -0.3 is 19.8 Å². The second-order valence-electron chi connectivity index (χ2n) is 5.95. The van der Waals surface area contributed by atoms with Crippen molar-refractivity contribution in [1.82, 2.24) is 0 Å². The van der Waals surface area contributed by atoms with Crippen LogP contribution in [-0.2, 0) is 0 Å². The highest BCUT2D eigenvalue weighted by molar-refractivity contribution is 6.09. The van der Waals surface area contributed by atoms with Crippen molar-refractivity contribution in [1.29, 1.82) is 0 Å². The third-order valence-electron chi connectivity index (χ3n) is 4.04. The SMILES string of the molecule is CCCNc1c(NC(=O)c2ccccc2OCC)c(=O)oc2ccccc12. The monoisotopic (exact) mass is 366 g/mol. The number of hydrogen-bond donors (Lipinski definition) is 2. The Morgan fingerprint density at radius 2 is 1.78 bits per heavy atom. The van der Waals surface area contributed by atoms with Crippen LogP contribution in [0.25, 0.3) is 11.0 Å². The molecule has 3 aromatic rings. The highest BCUT2D eigenvalue weighted by atomic mass is 16.5. The Morgan fingerprint density at radius 3 is 2.56 bits per heavy atom. The quantitative estimate of drug-likeness (QED) is 0.611. The van der Waals surface area contributed by atoms with E-state index in [1.807, 2.05) is 26.0 Å². The first-order valence-corrected chi connectivity index (χ1v) is 8.98. The average Bonchev–Trinajstić information content (AvgIpc) is 2.68. The molecule has 0 aliphatic carbocycles. The average molecular weight is 366 g/mol. The molecule has 0 unspecified atom stereocenters. The lowest BCUT2D eigenvalue weighted by Crippen LogP contribution is -2.21. The van der Waals surface area contributed by atoms with Crippen LogP contribution in [0.4, 0.5) is 11.4 Å². The Morgan fingerprint density at radius 1 is 1.04 bits per heavy atom. The van der Waals surface area contributed by atoms with Gasteiger partial charge in [-0.2, -0.15) is 0 Å². The van der Waals surface area contributed by atoms with E-state index in [0.29, 0.717) is 35.7 Å². The maximum absolute atomic E-state index is 12.8. The summed E-state index contributed by atoms with van der Waals surface area (Å²) in [5, 5.41) is 6.68. The van der Waals surface area contributed by atoms with Gasteiger partial charge in [-0.1, -0.05) is 31.2 Å². The summed E-state index contributed by atoms with van der Waals surface area (Å²) in [4.78, 5) is 25.4. The van der Waals surface area contributed by atoms with Crippen LogP contribution in [0, 0.1) is 0 Å². The van der Waals surface area contributed by atoms with Crippen molar-refractivity contribution in [2.75, 3.05) is 23.8 Å². The minimum Gasteiger partial charge on any atom is -0.493 e. The van der Waals surface area contributed by atoms with Crippen LogP contribution in [0.2, 0.25) is 0 Å². The number of anilines is 2. The molecule has 27 heavy (non-hydrogen) atoms. The van der Waals surface area contributed by atoms with E-state index in [-0.39, 0.29) is 5.69 Å². The van der Waals surface area contributed by atoms with Crippen LogP contribution >= 0.6 is 0 Å². The van der Waals surface area contributed by atoms with Crippen LogP contribution in [0.3, 0.4) is 0 Å². The summed E-state index contributed by atoms with van der Waals surface area (Å²) < 4.78 is 10.9. The predicted molar refractivity (Wildman–Crippen MR) is 107 cm³/mol. The van der Waals surface area contributed by atoms with Gasteiger partial charge in [0.1, 0.15) is 11.3 Å². The molecule has 0 radical (unpaired) electrons. The molecule has 6 heteroatoms. The number of carbonyl (C=O) groups is 1. The van der Waals surface area contributed by atoms with Gasteiger partial charge in [0.2, 0.25) is 0 Å². The lowest BCUT2D eigenvalue weighted by atomic mass is 10.1. The summed E-state index contributed by atoms with van der Waals surface area (Å²) in [7, 11) is 0. The number of nitrogens with one attached hydrogen (secondary N) is 2. The number of hydrogen-bond acceptors (Lipinski definition) is 5. The fourth-order valence-electron chi connectivity index (χ4n) is 2.81. The highest BCUT2D eigenvalue weighted by Crippen LogP contribution is 2.29. The second kappa shape index (κ2) is 8.40. The van der Waals surface area contributed by atoms with Gasteiger partial charge >= 0.3 is 5.63 Å². The zero-order valence-electron chi connectivity index (χ0n) is 15.4. The zero-order valence-corrected chi connectivity index (χ0v) is 15.4. The van der Waals surface area contributed by atoms with Crippen molar-refractivity contribution in [3.63, 3.8) is 0 Å². The van der Waals surface area contributed by atoms with E-state index in [2.05, 4.69) is 10.6 Å². The molecule has 1 heterocycles. The Hall–Kier alpha value is -3.28. The molecule has 0 aliphatic heterocycles. The maximum atomic E-state index is 12.8. The second-order valence-corrected chi connectivity index (χ2v) is 5.95. The third kappa shape index (κ3) is 3.95. The van der Waals surface area contributed by atoms with E-state index < -0.39 is 11.5 Å². The van der Waals surface area contributed by atoms with E-state index in [0.717, 1.165) is 11.8 Å². The largest absolute Gasteiger partial charge is 0.493 e. The molecular formula is C21H22N2O4. The molecule has 2 N–H and O–H groups in total. The Kier molecular flexibility index (Phi) is 5.76. The van der Waals surface area contributed by atoms with Crippen molar-refractivity contribution >= 4 is 28.3 Å². The van der Waals surface area contributed by atoms with E-state index in [9.17, 15) is 9.59 Å². The molecule has 0 saturated carbocycles. The fourth-order valence-corrected chi connectivity index (χ4v) is 2.81. The molecule has 1 aromatic heterocycles. The van der Waals surface area contributed by atoms with Gasteiger partial charge in [0, 0.05) is 11.9 Å². The van der Waals surface area contributed by atoms with Gasteiger partial charge in [0.25, 0.3) is 5.91 Å². The number of rotatable bonds is 7. The smallest absolute Gasteiger partial charge is 0.362 e. The molecule has 6 nitrogen and oxygen atoms in total. The number of para-hydroxylation sites is 2. The van der Waals surface area contributed by atoms with Crippen LogP contribution < -0.4 is 21.0 Å². The number of carbonyl (C=O) groups excluding carboxylic acids is 1. The number of amides is 1. The standard InChI is InChI=1S/C21H22N2O4/c1-3-13-22-18-14-9-5-8-12-17(14)27-21(25)19(18)23-20(24)15-10-6-7-11-16(15)26-4-2/h5-12,22H,3-4,13H2,1-2H3,(H,23,24). The Bertz CT molecular complexity index is 1010. The molecule has 140 valence electrons. The number of fused-ring (bicyclic) bond motifs is 1. The van der Waals surface area contributed by atoms with Crippen LogP contribution in [0.15, 0.2) is 57.7 Å². The molecule has 0 fully saturated rings. The normalized spacial score (nSPS) is 10.6. The van der Waals surface area contributed by atoms with Gasteiger partial charge in [0.05, 0.1) is 17.9 Å². The summed E-state index contributed by atoms with van der Waals surface area (Å²) in [6, 6.07) is 14.1. The third-order valence-corrected chi connectivity index (χ3v) is 4.04. The topological polar surface area (TPSA) is 80.6 Å². The summed E-state index contributed by atoms with van der Waals surface area (Å²) in [5.74, 6) is 0.0342. The predicted octanol–water partition coefficient (Wildman–Crippen LogP) is 4.27. The number of ether oxygens (including phenoxy) is 1. The molecule has 0 atom stereocenters. The molecule has 0 saturated heterocycles. The van der Waals surface area contributed by atoms with E-state index in [1.54, 1.807) is 36.4 Å².